The van der Waals surface area contributed by atoms with Crippen LogP contribution in [-0.2, 0) is 10.5 Å². The summed E-state index contributed by atoms with van der Waals surface area (Å²) in [5, 5.41) is 0. The largest absolute Gasteiger partial charge is 0.454 e. The van der Waals surface area contributed by atoms with Gasteiger partial charge in [0.15, 0.2) is 12.4 Å². The summed E-state index contributed by atoms with van der Waals surface area (Å²) in [5.41, 5.74) is 1.43. The van der Waals surface area contributed by atoms with Crippen LogP contribution < -0.4 is 0 Å². The highest BCUT2D eigenvalue weighted by Crippen LogP contribution is 2.26. The minimum Gasteiger partial charge on any atom is -0.454 e. The van der Waals surface area contributed by atoms with E-state index in [0.717, 1.165) is 28.3 Å². The average Bonchev–Trinajstić information content (AvgIpc) is 3.18. The molecule has 3 rings (SSSR count). The van der Waals surface area contributed by atoms with Crippen LogP contribution in [0.3, 0.4) is 0 Å². The molecule has 0 atom stereocenters. The van der Waals surface area contributed by atoms with Crippen LogP contribution in [0.1, 0.15) is 26.3 Å². The van der Waals surface area contributed by atoms with Crippen molar-refractivity contribution in [2.45, 2.75) is 5.75 Å². The van der Waals surface area contributed by atoms with Crippen molar-refractivity contribution in [2.75, 3.05) is 18.9 Å². The summed E-state index contributed by atoms with van der Waals surface area (Å²) in [5.74, 6) is 0.0917. The summed E-state index contributed by atoms with van der Waals surface area (Å²) in [7, 11) is 0. The Labute approximate surface area is 159 Å². The van der Waals surface area contributed by atoms with E-state index in [1.54, 1.807) is 35.7 Å². The number of rotatable bonds is 6. The highest BCUT2D eigenvalue weighted by Gasteiger charge is 2.16. The lowest BCUT2D eigenvalue weighted by Crippen LogP contribution is -2.15. The molecule has 0 unspecified atom stereocenters. The van der Waals surface area contributed by atoms with Gasteiger partial charge in [-0.3, -0.25) is 9.79 Å². The molecule has 0 spiro atoms. The molecule has 134 valence electrons. The molecule has 7 heteroatoms. The maximum Gasteiger partial charge on any atom is 0.338 e. The minimum absolute atomic E-state index is 0.179. The van der Waals surface area contributed by atoms with Crippen LogP contribution in [-0.4, -0.2) is 35.0 Å². The Morgan fingerprint density at radius 1 is 1.19 bits per heavy atom. The third-order valence-electron chi connectivity index (χ3n) is 3.63. The number of benzene rings is 2. The first-order valence-electron chi connectivity index (χ1n) is 7.97. The number of esters is 1. The Morgan fingerprint density at radius 2 is 2.04 bits per heavy atom. The fourth-order valence-electron chi connectivity index (χ4n) is 2.34. The predicted octanol–water partition coefficient (Wildman–Crippen LogP) is 4.20. The number of hydrogen-bond donors (Lipinski definition) is 0. The van der Waals surface area contributed by atoms with Gasteiger partial charge in [-0.15, -0.1) is 0 Å². The Balaban J connectivity index is 1.61. The molecule has 2 aromatic carbocycles. The number of nitrogens with zero attached hydrogens (tertiary/aromatic N) is 1. The molecule has 0 bridgehead atoms. The standard InChI is InChI=1S/C19H16FNO3S2/c20-15-6-3-5-13(10-15)17(22)11-24-18(23)16-7-2-1-4-14(16)12-26-19-21-8-9-25-19/h1-7,10H,8-9,11-12H2. The normalized spacial score (nSPS) is 13.3. The monoisotopic (exact) mass is 389 g/mol. The second kappa shape index (κ2) is 9.00. The number of hydrogen-bond acceptors (Lipinski definition) is 6. The number of ether oxygens (including phenoxy) is 1. The molecule has 0 aromatic heterocycles. The molecule has 0 amide bonds. The SMILES string of the molecule is O=C(COC(=O)c1ccccc1CSC1=NCCS1)c1cccc(F)c1. The van der Waals surface area contributed by atoms with Crippen LogP contribution >= 0.6 is 23.5 Å². The lowest BCUT2D eigenvalue weighted by Gasteiger charge is -2.09. The van der Waals surface area contributed by atoms with Crippen molar-refractivity contribution in [3.8, 4) is 0 Å². The van der Waals surface area contributed by atoms with Gasteiger partial charge in [0.25, 0.3) is 0 Å². The van der Waals surface area contributed by atoms with Crippen LogP contribution in [0.25, 0.3) is 0 Å². The van der Waals surface area contributed by atoms with Gasteiger partial charge in [0.05, 0.1) is 12.1 Å². The average molecular weight is 389 g/mol. The Hall–Kier alpha value is -2.12. The van der Waals surface area contributed by atoms with E-state index in [-0.39, 0.29) is 5.56 Å². The Kier molecular flexibility index (Phi) is 6.46. The molecule has 0 radical (unpaired) electrons. The number of carbonyl (C=O) groups is 2. The first kappa shape index (κ1) is 18.7. The summed E-state index contributed by atoms with van der Waals surface area (Å²) >= 11 is 3.30. The zero-order chi connectivity index (χ0) is 18.4. The quantitative estimate of drug-likeness (QED) is 0.547. The molecule has 0 saturated heterocycles. The van der Waals surface area contributed by atoms with Crippen LogP contribution in [0.5, 0.6) is 0 Å². The molecule has 26 heavy (non-hydrogen) atoms. The van der Waals surface area contributed by atoms with Gasteiger partial charge in [-0.1, -0.05) is 53.9 Å². The fraction of sp³-hybridized carbons (Fsp3) is 0.211. The van der Waals surface area contributed by atoms with Crippen LogP contribution in [0.2, 0.25) is 0 Å². The van der Waals surface area contributed by atoms with Crippen LogP contribution in [0.15, 0.2) is 53.5 Å². The van der Waals surface area contributed by atoms with Crippen molar-refractivity contribution in [1.82, 2.24) is 0 Å². The van der Waals surface area contributed by atoms with Crippen molar-refractivity contribution in [3.05, 3.63) is 71.0 Å². The van der Waals surface area contributed by atoms with E-state index in [4.69, 9.17) is 4.74 Å². The molecule has 1 heterocycles. The van der Waals surface area contributed by atoms with Crippen molar-refractivity contribution in [1.29, 1.82) is 0 Å². The molecular weight excluding hydrogens is 373 g/mol. The van der Waals surface area contributed by atoms with Gasteiger partial charge in [-0.05, 0) is 23.8 Å². The van der Waals surface area contributed by atoms with E-state index in [1.165, 1.54) is 18.2 Å². The first-order chi connectivity index (χ1) is 12.6. The first-order valence-corrected chi connectivity index (χ1v) is 9.94. The number of ketones is 1. The molecule has 4 nitrogen and oxygen atoms in total. The Bertz CT molecular complexity index is 854. The van der Waals surface area contributed by atoms with E-state index in [2.05, 4.69) is 4.99 Å². The zero-order valence-electron chi connectivity index (χ0n) is 13.8. The maximum absolute atomic E-state index is 13.2. The summed E-state index contributed by atoms with van der Waals surface area (Å²) in [6.45, 7) is 0.408. The summed E-state index contributed by atoms with van der Waals surface area (Å²) < 4.78 is 19.3. The van der Waals surface area contributed by atoms with Gasteiger partial charge in [0.1, 0.15) is 10.2 Å². The highest BCUT2D eigenvalue weighted by atomic mass is 32.2. The number of halogens is 1. The molecule has 2 aromatic rings. The smallest absolute Gasteiger partial charge is 0.338 e. The van der Waals surface area contributed by atoms with Gasteiger partial charge in [0, 0.05) is 17.1 Å². The maximum atomic E-state index is 13.2. The fourth-order valence-corrected chi connectivity index (χ4v) is 4.35. The van der Waals surface area contributed by atoms with E-state index in [1.807, 2.05) is 12.1 Å². The van der Waals surface area contributed by atoms with Crippen molar-refractivity contribution in [2.24, 2.45) is 4.99 Å². The molecule has 0 N–H and O–H groups in total. The van der Waals surface area contributed by atoms with Gasteiger partial charge in [-0.25, -0.2) is 9.18 Å². The lowest BCUT2D eigenvalue weighted by atomic mass is 10.1. The summed E-state index contributed by atoms with van der Waals surface area (Å²) in [6, 6.07) is 12.5. The van der Waals surface area contributed by atoms with Gasteiger partial charge in [0.2, 0.25) is 0 Å². The molecule has 0 saturated carbocycles. The number of thioether (sulfide) groups is 2. The molecule has 1 aliphatic rings. The van der Waals surface area contributed by atoms with E-state index in [0.29, 0.717) is 11.3 Å². The van der Waals surface area contributed by atoms with Crippen molar-refractivity contribution < 1.29 is 18.7 Å². The predicted molar refractivity (Wildman–Crippen MR) is 104 cm³/mol. The lowest BCUT2D eigenvalue weighted by molar-refractivity contribution is 0.0474. The third-order valence-corrected chi connectivity index (χ3v) is 5.93. The molecule has 0 fully saturated rings. The van der Waals surface area contributed by atoms with Crippen LogP contribution in [0.4, 0.5) is 4.39 Å². The number of carbonyl (C=O) groups excluding carboxylic acids is 2. The molecule has 0 aliphatic carbocycles. The summed E-state index contributed by atoms with van der Waals surface area (Å²) in [6.07, 6.45) is 0. The van der Waals surface area contributed by atoms with Gasteiger partial charge >= 0.3 is 5.97 Å². The second-order valence-electron chi connectivity index (χ2n) is 5.45. The molecule has 1 aliphatic heterocycles. The zero-order valence-corrected chi connectivity index (χ0v) is 15.4. The second-order valence-corrected chi connectivity index (χ2v) is 7.76. The minimum atomic E-state index is -0.563. The number of aliphatic imine (C=N–C) groups is 1. The van der Waals surface area contributed by atoms with E-state index < -0.39 is 24.2 Å². The van der Waals surface area contributed by atoms with Gasteiger partial charge < -0.3 is 4.74 Å². The van der Waals surface area contributed by atoms with E-state index in [9.17, 15) is 14.0 Å². The van der Waals surface area contributed by atoms with Crippen molar-refractivity contribution >= 4 is 39.7 Å². The topological polar surface area (TPSA) is 55.7 Å². The highest BCUT2D eigenvalue weighted by molar-refractivity contribution is 8.38. The summed E-state index contributed by atoms with van der Waals surface area (Å²) in [4.78, 5) is 28.8. The number of Topliss-reactive ketones (excluding diaryl/α,β-unsaturated/α-hetero) is 1. The van der Waals surface area contributed by atoms with E-state index >= 15 is 0 Å². The Morgan fingerprint density at radius 3 is 2.81 bits per heavy atom. The molecular formula is C19H16FNO3S2. The van der Waals surface area contributed by atoms with Gasteiger partial charge in [-0.2, -0.15) is 0 Å². The van der Waals surface area contributed by atoms with Crippen molar-refractivity contribution in [3.63, 3.8) is 0 Å². The third kappa shape index (κ3) is 4.95. The van der Waals surface area contributed by atoms with Crippen LogP contribution in [0, 0.1) is 5.82 Å².